The molecular weight excluding hydrogens is 208 g/mol. The molecule has 0 aliphatic rings. The summed E-state index contributed by atoms with van der Waals surface area (Å²) in [6.45, 7) is 4.14. The first-order valence-electron chi connectivity index (χ1n) is 5.66. The first-order valence-corrected chi connectivity index (χ1v) is 5.66. The average Bonchev–Trinajstić information content (AvgIpc) is 2.29. The average molecular weight is 224 g/mol. The lowest BCUT2D eigenvalue weighted by Gasteiger charge is -2.01. The van der Waals surface area contributed by atoms with Gasteiger partial charge in [-0.2, -0.15) is 5.10 Å². The van der Waals surface area contributed by atoms with Gasteiger partial charge in [-0.1, -0.05) is 42.0 Å². The predicted molar refractivity (Wildman–Crippen MR) is 73.6 cm³/mol. The second-order valence-electron chi connectivity index (χ2n) is 4.15. The fourth-order valence-electron chi connectivity index (χ4n) is 1.65. The van der Waals surface area contributed by atoms with E-state index in [2.05, 4.69) is 48.6 Å². The molecule has 0 saturated heterocycles. The molecule has 2 aromatic carbocycles. The Balaban J connectivity index is 2.03. The number of hydrazone groups is 1. The zero-order valence-electron chi connectivity index (χ0n) is 10.1. The third kappa shape index (κ3) is 3.45. The van der Waals surface area contributed by atoms with E-state index in [0.29, 0.717) is 0 Å². The van der Waals surface area contributed by atoms with E-state index in [1.165, 1.54) is 11.1 Å². The molecule has 86 valence electrons. The van der Waals surface area contributed by atoms with Crippen LogP contribution in [-0.2, 0) is 0 Å². The Morgan fingerprint density at radius 1 is 0.941 bits per heavy atom. The lowest BCUT2D eigenvalue weighted by molar-refractivity contribution is 1.33. The Bertz CT molecular complexity index is 530. The summed E-state index contributed by atoms with van der Waals surface area (Å²) in [5, 5.41) is 4.22. The van der Waals surface area contributed by atoms with E-state index < -0.39 is 0 Å². The van der Waals surface area contributed by atoms with E-state index in [0.717, 1.165) is 11.3 Å². The molecule has 0 amide bonds. The Hall–Kier alpha value is -2.09. The molecule has 0 aliphatic carbocycles. The minimum absolute atomic E-state index is 1.01. The van der Waals surface area contributed by atoms with E-state index in [1.807, 2.05) is 30.5 Å². The summed E-state index contributed by atoms with van der Waals surface area (Å²) >= 11 is 0. The van der Waals surface area contributed by atoms with E-state index >= 15 is 0 Å². The summed E-state index contributed by atoms with van der Waals surface area (Å²) in [7, 11) is 0. The molecular formula is C15H16N2. The second-order valence-corrected chi connectivity index (χ2v) is 4.15. The molecule has 0 spiro atoms. The van der Waals surface area contributed by atoms with Gasteiger partial charge in [-0.25, -0.2) is 0 Å². The molecule has 1 N–H and O–H groups in total. The van der Waals surface area contributed by atoms with Gasteiger partial charge in [0.15, 0.2) is 0 Å². The monoisotopic (exact) mass is 224 g/mol. The maximum atomic E-state index is 4.22. The molecule has 2 nitrogen and oxygen atoms in total. The Morgan fingerprint density at radius 3 is 2.35 bits per heavy atom. The SMILES string of the molecule is Cc1cccc(/C=N\Nc2cccc(C)c2)c1. The Labute approximate surface area is 102 Å². The molecule has 0 heterocycles. The summed E-state index contributed by atoms with van der Waals surface area (Å²) in [5.74, 6) is 0. The van der Waals surface area contributed by atoms with Gasteiger partial charge in [0.2, 0.25) is 0 Å². The lowest BCUT2D eigenvalue weighted by Crippen LogP contribution is -1.91. The van der Waals surface area contributed by atoms with E-state index in [-0.39, 0.29) is 0 Å². The molecule has 2 heteroatoms. The van der Waals surface area contributed by atoms with Crippen LogP contribution < -0.4 is 5.43 Å². The van der Waals surface area contributed by atoms with Crippen molar-refractivity contribution in [1.29, 1.82) is 0 Å². The van der Waals surface area contributed by atoms with Crippen LogP contribution in [0, 0.1) is 13.8 Å². The van der Waals surface area contributed by atoms with Crippen molar-refractivity contribution in [2.45, 2.75) is 13.8 Å². The minimum Gasteiger partial charge on any atom is -0.278 e. The molecule has 17 heavy (non-hydrogen) atoms. The molecule has 0 fully saturated rings. The number of rotatable bonds is 3. The summed E-state index contributed by atoms with van der Waals surface area (Å²) in [6, 6.07) is 16.4. The van der Waals surface area contributed by atoms with Crippen LogP contribution in [0.25, 0.3) is 0 Å². The minimum atomic E-state index is 1.01. The number of anilines is 1. The Morgan fingerprint density at radius 2 is 1.65 bits per heavy atom. The maximum absolute atomic E-state index is 4.22. The van der Waals surface area contributed by atoms with Crippen LogP contribution in [0.3, 0.4) is 0 Å². The standard InChI is InChI=1S/C15H16N2/c1-12-5-3-7-14(9-12)11-16-17-15-8-4-6-13(2)10-15/h3-11,17H,1-2H3/b16-11-. The van der Waals surface area contributed by atoms with Crippen molar-refractivity contribution in [3.05, 3.63) is 65.2 Å². The highest BCUT2D eigenvalue weighted by Crippen LogP contribution is 2.09. The molecule has 2 rings (SSSR count). The van der Waals surface area contributed by atoms with Crippen molar-refractivity contribution < 1.29 is 0 Å². The van der Waals surface area contributed by atoms with Crippen LogP contribution in [-0.4, -0.2) is 6.21 Å². The molecule has 0 unspecified atom stereocenters. The fourth-order valence-corrected chi connectivity index (χ4v) is 1.65. The van der Waals surface area contributed by atoms with E-state index in [1.54, 1.807) is 0 Å². The van der Waals surface area contributed by atoms with Crippen LogP contribution in [0.15, 0.2) is 53.6 Å². The second kappa shape index (κ2) is 5.30. The van der Waals surface area contributed by atoms with Gasteiger partial charge in [0, 0.05) is 0 Å². The first-order chi connectivity index (χ1) is 8.24. The fraction of sp³-hybridized carbons (Fsp3) is 0.133. The van der Waals surface area contributed by atoms with Crippen LogP contribution in [0.1, 0.15) is 16.7 Å². The zero-order chi connectivity index (χ0) is 12.1. The highest BCUT2D eigenvalue weighted by molar-refractivity contribution is 5.80. The number of nitrogens with one attached hydrogen (secondary N) is 1. The van der Waals surface area contributed by atoms with Crippen LogP contribution in [0.4, 0.5) is 5.69 Å². The smallest absolute Gasteiger partial charge is 0.0564 e. The van der Waals surface area contributed by atoms with Crippen molar-refractivity contribution >= 4 is 11.9 Å². The molecule has 2 aromatic rings. The van der Waals surface area contributed by atoms with Crippen molar-refractivity contribution in [3.63, 3.8) is 0 Å². The Kier molecular flexibility index (Phi) is 3.55. The summed E-state index contributed by atoms with van der Waals surface area (Å²) in [4.78, 5) is 0. The number of aryl methyl sites for hydroxylation is 2. The van der Waals surface area contributed by atoms with Crippen LogP contribution in [0.2, 0.25) is 0 Å². The van der Waals surface area contributed by atoms with Gasteiger partial charge in [0.25, 0.3) is 0 Å². The summed E-state index contributed by atoms with van der Waals surface area (Å²) < 4.78 is 0. The molecule has 0 radical (unpaired) electrons. The molecule has 0 saturated carbocycles. The molecule has 0 bridgehead atoms. The van der Waals surface area contributed by atoms with Crippen molar-refractivity contribution in [3.8, 4) is 0 Å². The molecule has 0 aromatic heterocycles. The van der Waals surface area contributed by atoms with Crippen molar-refractivity contribution in [2.75, 3.05) is 5.43 Å². The van der Waals surface area contributed by atoms with Crippen molar-refractivity contribution in [1.82, 2.24) is 0 Å². The highest BCUT2D eigenvalue weighted by atomic mass is 15.3. The van der Waals surface area contributed by atoms with E-state index in [4.69, 9.17) is 0 Å². The number of benzene rings is 2. The quantitative estimate of drug-likeness (QED) is 0.623. The van der Waals surface area contributed by atoms with Gasteiger partial charge in [0.1, 0.15) is 0 Å². The largest absolute Gasteiger partial charge is 0.278 e. The summed E-state index contributed by atoms with van der Waals surface area (Å²) in [6.07, 6.45) is 1.83. The number of nitrogens with zero attached hydrogens (tertiary/aromatic N) is 1. The van der Waals surface area contributed by atoms with Crippen molar-refractivity contribution in [2.24, 2.45) is 5.10 Å². The van der Waals surface area contributed by atoms with Gasteiger partial charge in [0.05, 0.1) is 11.9 Å². The van der Waals surface area contributed by atoms with Gasteiger partial charge in [-0.3, -0.25) is 5.43 Å². The highest BCUT2D eigenvalue weighted by Gasteiger charge is 1.90. The topological polar surface area (TPSA) is 24.4 Å². The van der Waals surface area contributed by atoms with E-state index in [9.17, 15) is 0 Å². The maximum Gasteiger partial charge on any atom is 0.0564 e. The van der Waals surface area contributed by atoms with Gasteiger partial charge in [-0.15, -0.1) is 0 Å². The lowest BCUT2D eigenvalue weighted by atomic mass is 10.2. The third-order valence-corrected chi connectivity index (χ3v) is 2.47. The number of hydrogen-bond donors (Lipinski definition) is 1. The first kappa shape index (κ1) is 11.4. The number of hydrogen-bond acceptors (Lipinski definition) is 2. The normalized spacial score (nSPS) is 10.7. The van der Waals surface area contributed by atoms with Gasteiger partial charge >= 0.3 is 0 Å². The molecule has 0 aliphatic heterocycles. The van der Waals surface area contributed by atoms with Gasteiger partial charge < -0.3 is 0 Å². The summed E-state index contributed by atoms with van der Waals surface area (Å²) in [5.41, 5.74) is 7.60. The third-order valence-electron chi connectivity index (χ3n) is 2.47. The predicted octanol–water partition coefficient (Wildman–Crippen LogP) is 3.75. The van der Waals surface area contributed by atoms with Crippen LogP contribution in [0.5, 0.6) is 0 Å². The van der Waals surface area contributed by atoms with Gasteiger partial charge in [-0.05, 0) is 37.1 Å². The molecule has 0 atom stereocenters. The zero-order valence-corrected chi connectivity index (χ0v) is 10.1. The van der Waals surface area contributed by atoms with Crippen LogP contribution >= 0.6 is 0 Å².